The van der Waals surface area contributed by atoms with E-state index in [4.69, 9.17) is 18.9 Å². The summed E-state index contributed by atoms with van der Waals surface area (Å²) in [6, 6.07) is 15.7. The van der Waals surface area contributed by atoms with E-state index in [1.54, 1.807) is 18.2 Å². The van der Waals surface area contributed by atoms with Gasteiger partial charge >= 0.3 is 11.9 Å². The van der Waals surface area contributed by atoms with Crippen molar-refractivity contribution in [3.8, 4) is 23.0 Å². The molecule has 0 aliphatic heterocycles. The molecule has 164 valence electrons. The Kier molecular flexibility index (Phi) is 7.02. The van der Waals surface area contributed by atoms with Crippen molar-refractivity contribution in [1.29, 1.82) is 0 Å². The van der Waals surface area contributed by atoms with E-state index < -0.39 is 16.9 Å². The van der Waals surface area contributed by atoms with Crippen LogP contribution >= 0.6 is 0 Å². The number of benzene rings is 3. The number of methoxy groups -OCH3 is 1. The van der Waals surface area contributed by atoms with Gasteiger partial charge in [0, 0.05) is 18.2 Å². The van der Waals surface area contributed by atoms with E-state index >= 15 is 0 Å². The summed E-state index contributed by atoms with van der Waals surface area (Å²) in [5, 5.41) is 10.7. The van der Waals surface area contributed by atoms with Crippen LogP contribution in [-0.2, 0) is 0 Å². The highest BCUT2D eigenvalue weighted by atomic mass is 16.6. The van der Waals surface area contributed by atoms with Gasteiger partial charge in [0.15, 0.2) is 0 Å². The van der Waals surface area contributed by atoms with Gasteiger partial charge in [0.1, 0.15) is 28.6 Å². The third-order valence-electron chi connectivity index (χ3n) is 4.26. The fourth-order valence-electron chi connectivity index (χ4n) is 2.72. The summed E-state index contributed by atoms with van der Waals surface area (Å²) < 4.78 is 21.2. The van der Waals surface area contributed by atoms with Crippen LogP contribution in [0.25, 0.3) is 0 Å². The van der Waals surface area contributed by atoms with Gasteiger partial charge in [-0.15, -0.1) is 0 Å². The number of non-ortho nitro benzene ring substituents is 1. The maximum absolute atomic E-state index is 12.5. The van der Waals surface area contributed by atoms with Crippen molar-refractivity contribution >= 4 is 17.6 Å². The van der Waals surface area contributed by atoms with Crippen LogP contribution in [0, 0.1) is 10.1 Å². The fraction of sp³-hybridized carbons (Fsp3) is 0.130. The summed E-state index contributed by atoms with van der Waals surface area (Å²) in [6.07, 6.45) is 0. The first-order valence-electron chi connectivity index (χ1n) is 9.51. The molecule has 0 atom stereocenters. The number of nitro groups is 1. The smallest absolute Gasteiger partial charge is 0.347 e. The van der Waals surface area contributed by atoms with Crippen LogP contribution in [0.15, 0.2) is 66.7 Å². The molecule has 0 heterocycles. The molecule has 0 radical (unpaired) electrons. The average molecular weight is 437 g/mol. The van der Waals surface area contributed by atoms with Gasteiger partial charge < -0.3 is 18.9 Å². The predicted molar refractivity (Wildman–Crippen MR) is 114 cm³/mol. The van der Waals surface area contributed by atoms with Crippen molar-refractivity contribution in [3.63, 3.8) is 0 Å². The first kappa shape index (κ1) is 22.3. The predicted octanol–water partition coefficient (Wildman–Crippen LogP) is 4.44. The summed E-state index contributed by atoms with van der Waals surface area (Å²) in [5.74, 6) is -0.0337. The zero-order chi connectivity index (χ0) is 23.1. The van der Waals surface area contributed by atoms with Crippen molar-refractivity contribution < 1.29 is 33.5 Å². The average Bonchev–Trinajstić information content (AvgIpc) is 2.80. The van der Waals surface area contributed by atoms with Crippen molar-refractivity contribution in [2.75, 3.05) is 13.7 Å². The number of nitrogens with zero attached hydrogens (tertiary/aromatic N) is 1. The number of hydrogen-bond acceptors (Lipinski definition) is 8. The molecule has 3 aromatic rings. The molecule has 0 amide bonds. The van der Waals surface area contributed by atoms with Crippen LogP contribution in [0.5, 0.6) is 23.0 Å². The van der Waals surface area contributed by atoms with Gasteiger partial charge in [0.05, 0.1) is 24.2 Å². The monoisotopic (exact) mass is 437 g/mol. The molecular weight excluding hydrogens is 418 g/mol. The van der Waals surface area contributed by atoms with E-state index in [0.717, 1.165) is 0 Å². The summed E-state index contributed by atoms with van der Waals surface area (Å²) >= 11 is 0. The Morgan fingerprint density at radius 1 is 0.844 bits per heavy atom. The van der Waals surface area contributed by atoms with Crippen LogP contribution in [0.4, 0.5) is 5.69 Å². The number of ether oxygens (including phenoxy) is 4. The third-order valence-corrected chi connectivity index (χ3v) is 4.26. The molecule has 0 saturated heterocycles. The van der Waals surface area contributed by atoms with Gasteiger partial charge in [-0.1, -0.05) is 0 Å². The first-order chi connectivity index (χ1) is 15.4. The summed E-state index contributed by atoms with van der Waals surface area (Å²) in [4.78, 5) is 34.9. The van der Waals surface area contributed by atoms with E-state index in [9.17, 15) is 19.7 Å². The Morgan fingerprint density at radius 2 is 1.41 bits per heavy atom. The lowest BCUT2D eigenvalue weighted by molar-refractivity contribution is -0.384. The van der Waals surface area contributed by atoms with E-state index in [-0.39, 0.29) is 28.3 Å². The maximum Gasteiger partial charge on any atom is 0.347 e. The third kappa shape index (κ3) is 5.39. The normalized spacial score (nSPS) is 10.2. The van der Waals surface area contributed by atoms with Gasteiger partial charge in [-0.2, -0.15) is 0 Å². The number of hydrogen-bond donors (Lipinski definition) is 0. The Morgan fingerprint density at radius 3 is 1.97 bits per heavy atom. The standard InChI is InChI=1S/C23H19NO8/c1-3-30-19-12-13-20(21(14-19)29-2)23(26)32-17-8-4-15(5-9-17)22(25)31-18-10-6-16(7-11-18)24(27)28/h4-14H,3H2,1-2H3. The van der Waals surface area contributed by atoms with E-state index in [0.29, 0.717) is 18.1 Å². The second-order valence-electron chi connectivity index (χ2n) is 6.35. The molecule has 0 spiro atoms. The van der Waals surface area contributed by atoms with Crippen LogP contribution in [0.2, 0.25) is 0 Å². The fourth-order valence-corrected chi connectivity index (χ4v) is 2.72. The molecule has 3 aromatic carbocycles. The maximum atomic E-state index is 12.5. The number of carbonyl (C=O) groups is 2. The Labute approximate surface area is 183 Å². The van der Waals surface area contributed by atoms with E-state index in [1.807, 2.05) is 6.92 Å². The van der Waals surface area contributed by atoms with E-state index in [1.165, 1.54) is 55.6 Å². The van der Waals surface area contributed by atoms with Crippen molar-refractivity contribution in [1.82, 2.24) is 0 Å². The number of rotatable bonds is 8. The van der Waals surface area contributed by atoms with Gasteiger partial charge in [0.2, 0.25) is 0 Å². The van der Waals surface area contributed by atoms with Gasteiger partial charge in [-0.05, 0) is 55.5 Å². The molecule has 32 heavy (non-hydrogen) atoms. The minimum Gasteiger partial charge on any atom is -0.496 e. The number of carbonyl (C=O) groups excluding carboxylic acids is 2. The van der Waals surface area contributed by atoms with Crippen molar-refractivity contribution in [3.05, 3.63) is 88.0 Å². The molecule has 0 unspecified atom stereocenters. The van der Waals surface area contributed by atoms with Gasteiger partial charge in [-0.25, -0.2) is 9.59 Å². The Bertz CT molecular complexity index is 1120. The highest BCUT2D eigenvalue weighted by molar-refractivity contribution is 5.94. The highest BCUT2D eigenvalue weighted by Gasteiger charge is 2.17. The van der Waals surface area contributed by atoms with Crippen LogP contribution < -0.4 is 18.9 Å². The summed E-state index contributed by atoms with van der Waals surface area (Å²) in [6.45, 7) is 2.33. The lowest BCUT2D eigenvalue weighted by atomic mass is 10.2. The molecule has 0 saturated carbocycles. The lowest BCUT2D eigenvalue weighted by Gasteiger charge is -2.11. The highest BCUT2D eigenvalue weighted by Crippen LogP contribution is 2.26. The summed E-state index contributed by atoms with van der Waals surface area (Å²) in [5.41, 5.74) is 0.319. The first-order valence-corrected chi connectivity index (χ1v) is 9.51. The van der Waals surface area contributed by atoms with Gasteiger partial charge in [-0.3, -0.25) is 10.1 Å². The molecule has 0 bridgehead atoms. The zero-order valence-corrected chi connectivity index (χ0v) is 17.3. The molecule has 0 aromatic heterocycles. The van der Waals surface area contributed by atoms with Crippen molar-refractivity contribution in [2.45, 2.75) is 6.92 Å². The quantitative estimate of drug-likeness (QED) is 0.220. The lowest BCUT2D eigenvalue weighted by Crippen LogP contribution is -2.11. The number of nitro benzene ring substituents is 1. The molecule has 0 N–H and O–H groups in total. The molecule has 9 nitrogen and oxygen atoms in total. The topological polar surface area (TPSA) is 114 Å². The van der Waals surface area contributed by atoms with Crippen molar-refractivity contribution in [2.24, 2.45) is 0 Å². The van der Waals surface area contributed by atoms with Crippen LogP contribution in [0.3, 0.4) is 0 Å². The number of esters is 2. The molecule has 0 aliphatic carbocycles. The second-order valence-corrected chi connectivity index (χ2v) is 6.35. The van der Waals surface area contributed by atoms with Crippen LogP contribution in [0.1, 0.15) is 27.6 Å². The molecule has 9 heteroatoms. The molecular formula is C23H19NO8. The Balaban J connectivity index is 1.65. The zero-order valence-electron chi connectivity index (χ0n) is 17.3. The molecule has 3 rings (SSSR count). The SMILES string of the molecule is CCOc1ccc(C(=O)Oc2ccc(C(=O)Oc3ccc([N+](=O)[O-])cc3)cc2)c(OC)c1. The van der Waals surface area contributed by atoms with Crippen LogP contribution in [-0.4, -0.2) is 30.6 Å². The second kappa shape index (κ2) is 10.1. The summed E-state index contributed by atoms with van der Waals surface area (Å²) in [7, 11) is 1.44. The molecule has 0 aliphatic rings. The minimum atomic E-state index is -0.662. The van der Waals surface area contributed by atoms with E-state index in [2.05, 4.69) is 0 Å². The largest absolute Gasteiger partial charge is 0.496 e. The van der Waals surface area contributed by atoms with Gasteiger partial charge in [0.25, 0.3) is 5.69 Å². The Hall–Kier alpha value is -4.40. The molecule has 0 fully saturated rings. The minimum absolute atomic E-state index is 0.111.